The van der Waals surface area contributed by atoms with E-state index in [4.69, 9.17) is 0 Å². The largest absolute Gasteiger partial charge is 0.355 e. The Morgan fingerprint density at radius 3 is 2.67 bits per heavy atom. The van der Waals surface area contributed by atoms with Gasteiger partial charge in [-0.3, -0.25) is 9.59 Å². The lowest BCUT2D eigenvalue weighted by atomic mass is 9.89. The zero-order chi connectivity index (χ0) is 17.9. The summed E-state index contributed by atoms with van der Waals surface area (Å²) in [6.07, 6.45) is 0.0953. The molecule has 1 aliphatic heterocycles. The first-order valence-electron chi connectivity index (χ1n) is 8.05. The minimum atomic E-state index is -3.18. The predicted octanol–water partition coefficient (Wildman–Crippen LogP) is 1.32. The molecule has 0 aliphatic carbocycles. The van der Waals surface area contributed by atoms with Crippen LogP contribution in [0.15, 0.2) is 24.3 Å². The Balaban J connectivity index is 2.03. The van der Waals surface area contributed by atoms with Crippen molar-refractivity contribution in [1.29, 1.82) is 0 Å². The fraction of sp³-hybridized carbons (Fsp3) is 0.529. The summed E-state index contributed by atoms with van der Waals surface area (Å²) in [4.78, 5) is 26.1. The lowest BCUT2D eigenvalue weighted by molar-refractivity contribution is -0.127. The summed E-state index contributed by atoms with van der Waals surface area (Å²) in [5, 5.41) is 2.67. The second kappa shape index (κ2) is 7.34. The number of carbonyl (C=O) groups is 2. The van der Waals surface area contributed by atoms with Gasteiger partial charge in [0.2, 0.25) is 11.8 Å². The molecule has 7 heteroatoms. The van der Waals surface area contributed by atoms with Crippen LogP contribution in [0.4, 0.5) is 5.69 Å². The molecule has 2 rings (SSSR count). The molecular formula is C17H24N2O4S. The summed E-state index contributed by atoms with van der Waals surface area (Å²) in [5.41, 5.74) is 1.52. The third kappa shape index (κ3) is 4.35. The van der Waals surface area contributed by atoms with Crippen LogP contribution in [-0.4, -0.2) is 45.3 Å². The van der Waals surface area contributed by atoms with Crippen LogP contribution in [0.25, 0.3) is 0 Å². The molecule has 1 aliphatic rings. The van der Waals surface area contributed by atoms with Gasteiger partial charge < -0.3 is 10.2 Å². The van der Waals surface area contributed by atoms with Crippen LogP contribution in [0.2, 0.25) is 0 Å². The van der Waals surface area contributed by atoms with Crippen molar-refractivity contribution < 1.29 is 18.0 Å². The Kier molecular flexibility index (Phi) is 5.64. The van der Waals surface area contributed by atoms with Crippen LogP contribution < -0.4 is 10.2 Å². The van der Waals surface area contributed by atoms with Gasteiger partial charge in [-0.1, -0.05) is 32.0 Å². The number of nitrogens with zero attached hydrogens (tertiary/aromatic N) is 1. The zero-order valence-electron chi connectivity index (χ0n) is 14.3. The van der Waals surface area contributed by atoms with Crippen LogP contribution in [0.5, 0.6) is 0 Å². The van der Waals surface area contributed by atoms with Gasteiger partial charge in [-0.15, -0.1) is 0 Å². The van der Waals surface area contributed by atoms with Gasteiger partial charge in [0.05, 0.1) is 17.4 Å². The molecule has 1 heterocycles. The summed E-state index contributed by atoms with van der Waals surface area (Å²) in [7, 11) is -1.49. The smallest absolute Gasteiger partial charge is 0.228 e. The van der Waals surface area contributed by atoms with Crippen LogP contribution in [0.3, 0.4) is 0 Å². The van der Waals surface area contributed by atoms with Gasteiger partial charge in [-0.25, -0.2) is 8.42 Å². The van der Waals surface area contributed by atoms with Crippen LogP contribution in [-0.2, 0) is 19.4 Å². The minimum Gasteiger partial charge on any atom is -0.355 e. The summed E-state index contributed by atoms with van der Waals surface area (Å²) in [5.74, 6) is -0.913. The highest BCUT2D eigenvalue weighted by atomic mass is 32.2. The van der Waals surface area contributed by atoms with Gasteiger partial charge in [0.25, 0.3) is 0 Å². The van der Waals surface area contributed by atoms with E-state index in [0.29, 0.717) is 0 Å². The molecule has 0 saturated heterocycles. The van der Waals surface area contributed by atoms with Crippen LogP contribution in [0.1, 0.15) is 31.7 Å². The van der Waals surface area contributed by atoms with Crippen molar-refractivity contribution >= 4 is 27.3 Å². The SMILES string of the molecule is CC(C)CS(=O)(=O)CCNC(=O)[C@@H]1CC(=O)N(C)c2ccccc21. The van der Waals surface area contributed by atoms with Crippen molar-refractivity contribution in [2.24, 2.45) is 5.92 Å². The lowest BCUT2D eigenvalue weighted by Gasteiger charge is -2.30. The van der Waals surface area contributed by atoms with E-state index in [1.54, 1.807) is 18.0 Å². The second-order valence-electron chi connectivity index (χ2n) is 6.57. The third-order valence-corrected chi connectivity index (χ3v) is 6.04. The Hall–Kier alpha value is -1.89. The molecule has 0 saturated carbocycles. The number of amides is 2. The van der Waals surface area contributed by atoms with Crippen molar-refractivity contribution in [2.75, 3.05) is 30.0 Å². The van der Waals surface area contributed by atoms with Gasteiger partial charge in [0, 0.05) is 25.7 Å². The number of nitrogens with one attached hydrogen (secondary N) is 1. The molecule has 1 aromatic carbocycles. The van der Waals surface area contributed by atoms with Crippen LogP contribution >= 0.6 is 0 Å². The second-order valence-corrected chi connectivity index (χ2v) is 8.80. The Labute approximate surface area is 143 Å². The molecular weight excluding hydrogens is 328 g/mol. The maximum Gasteiger partial charge on any atom is 0.228 e. The van der Waals surface area contributed by atoms with Gasteiger partial charge in [-0.05, 0) is 17.5 Å². The average Bonchev–Trinajstić information content (AvgIpc) is 2.49. The lowest BCUT2D eigenvalue weighted by Crippen LogP contribution is -2.40. The highest BCUT2D eigenvalue weighted by molar-refractivity contribution is 7.91. The van der Waals surface area contributed by atoms with Gasteiger partial charge in [0.15, 0.2) is 9.84 Å². The minimum absolute atomic E-state index is 0.0593. The fourth-order valence-corrected chi connectivity index (χ4v) is 4.52. The molecule has 2 amide bonds. The average molecular weight is 352 g/mol. The highest BCUT2D eigenvalue weighted by Gasteiger charge is 2.33. The molecule has 1 aromatic rings. The molecule has 0 aromatic heterocycles. The molecule has 0 fully saturated rings. The Morgan fingerprint density at radius 1 is 1.33 bits per heavy atom. The standard InChI is InChI=1S/C17H24N2O4S/c1-12(2)11-24(22,23)9-8-18-17(21)14-10-16(20)19(3)15-7-5-4-6-13(14)15/h4-7,12,14H,8-11H2,1-3H3,(H,18,21)/t14-/m1/s1. The molecule has 24 heavy (non-hydrogen) atoms. The van der Waals surface area contributed by atoms with Crippen molar-refractivity contribution in [3.8, 4) is 0 Å². The van der Waals surface area contributed by atoms with Crippen LogP contribution in [0, 0.1) is 5.92 Å². The normalized spacial score (nSPS) is 17.8. The highest BCUT2D eigenvalue weighted by Crippen LogP contribution is 2.34. The van der Waals surface area contributed by atoms with E-state index in [1.807, 2.05) is 32.0 Å². The fourth-order valence-electron chi connectivity index (χ4n) is 2.92. The Morgan fingerprint density at radius 2 is 2.00 bits per heavy atom. The van der Waals surface area contributed by atoms with Crippen molar-refractivity contribution in [1.82, 2.24) is 5.32 Å². The van der Waals surface area contributed by atoms with E-state index in [-0.39, 0.29) is 42.2 Å². The molecule has 0 spiro atoms. The molecule has 132 valence electrons. The summed E-state index contributed by atoms with van der Waals surface area (Å²) in [6.45, 7) is 3.75. The van der Waals surface area contributed by atoms with Crippen molar-refractivity contribution in [2.45, 2.75) is 26.2 Å². The van der Waals surface area contributed by atoms with E-state index in [1.165, 1.54) is 0 Å². The number of anilines is 1. The number of sulfone groups is 1. The molecule has 1 atom stereocenters. The van der Waals surface area contributed by atoms with E-state index in [0.717, 1.165) is 11.3 Å². The number of benzene rings is 1. The predicted molar refractivity (Wildman–Crippen MR) is 93.7 cm³/mol. The first kappa shape index (κ1) is 18.4. The number of fused-ring (bicyclic) bond motifs is 1. The molecule has 0 unspecified atom stereocenters. The van der Waals surface area contributed by atoms with E-state index >= 15 is 0 Å². The quantitative estimate of drug-likeness (QED) is 0.837. The number of para-hydroxylation sites is 1. The van der Waals surface area contributed by atoms with E-state index < -0.39 is 15.8 Å². The van der Waals surface area contributed by atoms with Crippen molar-refractivity contribution in [3.05, 3.63) is 29.8 Å². The molecule has 1 N–H and O–H groups in total. The monoisotopic (exact) mass is 352 g/mol. The molecule has 0 radical (unpaired) electrons. The van der Waals surface area contributed by atoms with Gasteiger partial charge in [-0.2, -0.15) is 0 Å². The summed E-state index contributed by atoms with van der Waals surface area (Å²) >= 11 is 0. The van der Waals surface area contributed by atoms with E-state index in [2.05, 4.69) is 5.32 Å². The zero-order valence-corrected chi connectivity index (χ0v) is 15.1. The molecule has 0 bridgehead atoms. The first-order chi connectivity index (χ1) is 11.2. The number of hydrogen-bond donors (Lipinski definition) is 1. The number of carbonyl (C=O) groups excluding carboxylic acids is 2. The van der Waals surface area contributed by atoms with Crippen molar-refractivity contribution in [3.63, 3.8) is 0 Å². The third-order valence-electron chi connectivity index (χ3n) is 4.04. The maximum absolute atomic E-state index is 12.4. The van der Waals surface area contributed by atoms with Gasteiger partial charge in [0.1, 0.15) is 0 Å². The topological polar surface area (TPSA) is 83.5 Å². The Bertz CT molecular complexity index is 728. The number of rotatable bonds is 6. The summed E-state index contributed by atoms with van der Waals surface area (Å²) in [6, 6.07) is 7.29. The number of hydrogen-bond acceptors (Lipinski definition) is 4. The van der Waals surface area contributed by atoms with E-state index in [9.17, 15) is 18.0 Å². The maximum atomic E-state index is 12.4. The van der Waals surface area contributed by atoms with Gasteiger partial charge >= 0.3 is 0 Å². The first-order valence-corrected chi connectivity index (χ1v) is 9.87. The molecule has 6 nitrogen and oxygen atoms in total. The summed E-state index contributed by atoms with van der Waals surface area (Å²) < 4.78 is 23.8.